The standard InChI is InChI=1S/C23H26N6O4S/c1-14-10-15(2)29(27-14)19-11-16(8-9-25-19)22(30)26-23(3,4)13-33-18-7-5-6-17-12-34(31,32)28-21(24)20(17)18/h5-11H,12-13H2,1-4H3,(H2,24,28)(H,26,30). The Morgan fingerprint density at radius 3 is 2.71 bits per heavy atom. The summed E-state index contributed by atoms with van der Waals surface area (Å²) in [7, 11) is -3.64. The lowest BCUT2D eigenvalue weighted by atomic mass is 10.0. The first kappa shape index (κ1) is 23.4. The van der Waals surface area contributed by atoms with Crippen molar-refractivity contribution in [2.24, 2.45) is 10.1 Å². The predicted molar refractivity (Wildman–Crippen MR) is 128 cm³/mol. The minimum atomic E-state index is -3.64. The fourth-order valence-electron chi connectivity index (χ4n) is 3.74. The molecule has 0 saturated carbocycles. The summed E-state index contributed by atoms with van der Waals surface area (Å²) in [5, 5.41) is 7.38. The highest BCUT2D eigenvalue weighted by atomic mass is 32.2. The Kier molecular flexibility index (Phi) is 5.90. The van der Waals surface area contributed by atoms with E-state index in [1.807, 2.05) is 33.8 Å². The summed E-state index contributed by atoms with van der Waals surface area (Å²) < 4.78 is 35.0. The van der Waals surface area contributed by atoms with Gasteiger partial charge >= 0.3 is 0 Å². The summed E-state index contributed by atoms with van der Waals surface area (Å²) in [6, 6.07) is 10.3. The molecule has 3 heterocycles. The van der Waals surface area contributed by atoms with E-state index in [0.717, 1.165) is 11.4 Å². The molecule has 0 radical (unpaired) electrons. The van der Waals surface area contributed by atoms with Gasteiger partial charge in [-0.1, -0.05) is 12.1 Å². The van der Waals surface area contributed by atoms with Crippen molar-refractivity contribution in [1.29, 1.82) is 0 Å². The first-order valence-corrected chi connectivity index (χ1v) is 12.2. The lowest BCUT2D eigenvalue weighted by molar-refractivity contribution is 0.0880. The molecule has 4 rings (SSSR count). The third kappa shape index (κ3) is 4.93. The molecule has 34 heavy (non-hydrogen) atoms. The van der Waals surface area contributed by atoms with Crippen LogP contribution in [0.4, 0.5) is 0 Å². The van der Waals surface area contributed by atoms with Crippen molar-refractivity contribution < 1.29 is 17.9 Å². The summed E-state index contributed by atoms with van der Waals surface area (Å²) in [5.41, 5.74) is 8.34. The Hall–Kier alpha value is -3.73. The first-order chi connectivity index (χ1) is 15.9. The summed E-state index contributed by atoms with van der Waals surface area (Å²) in [6.45, 7) is 7.58. The van der Waals surface area contributed by atoms with Crippen LogP contribution in [0.15, 0.2) is 47.0 Å². The molecule has 0 atom stereocenters. The van der Waals surface area contributed by atoms with Gasteiger partial charge in [0.1, 0.15) is 18.2 Å². The average Bonchev–Trinajstić information content (AvgIpc) is 3.09. The third-order valence-corrected chi connectivity index (χ3v) is 6.37. The predicted octanol–water partition coefficient (Wildman–Crippen LogP) is 2.02. The molecule has 0 bridgehead atoms. The molecule has 11 heteroatoms. The SMILES string of the molecule is Cc1cc(C)n(-c2cc(C(=O)NC(C)(C)COc3cccc4c3C(N)=NS(=O)(=O)C4)ccn2)n1. The quantitative estimate of drug-likeness (QED) is 0.547. The van der Waals surface area contributed by atoms with Crippen LogP contribution in [-0.2, 0) is 15.8 Å². The highest BCUT2D eigenvalue weighted by Gasteiger charge is 2.27. The molecule has 1 amide bonds. The monoisotopic (exact) mass is 482 g/mol. The maximum absolute atomic E-state index is 13.0. The molecular weight excluding hydrogens is 456 g/mol. The van der Waals surface area contributed by atoms with E-state index >= 15 is 0 Å². The van der Waals surface area contributed by atoms with E-state index in [2.05, 4.69) is 19.8 Å². The van der Waals surface area contributed by atoms with Gasteiger partial charge in [-0.2, -0.15) is 5.10 Å². The molecule has 10 nitrogen and oxygen atoms in total. The van der Waals surface area contributed by atoms with Gasteiger partial charge in [-0.05, 0) is 57.5 Å². The largest absolute Gasteiger partial charge is 0.490 e. The fourth-order valence-corrected chi connectivity index (χ4v) is 4.83. The van der Waals surface area contributed by atoms with Crippen LogP contribution in [0.2, 0.25) is 0 Å². The van der Waals surface area contributed by atoms with Gasteiger partial charge < -0.3 is 15.8 Å². The van der Waals surface area contributed by atoms with Crippen molar-refractivity contribution in [3.05, 3.63) is 70.7 Å². The van der Waals surface area contributed by atoms with Crippen LogP contribution in [0.5, 0.6) is 5.75 Å². The molecule has 3 aromatic rings. The maximum atomic E-state index is 13.0. The second-order valence-corrected chi connectivity index (χ2v) is 10.5. The molecule has 1 aliphatic heterocycles. The second kappa shape index (κ2) is 8.56. The number of nitrogens with zero attached hydrogens (tertiary/aromatic N) is 4. The number of carbonyl (C=O) groups is 1. The minimum Gasteiger partial charge on any atom is -0.490 e. The van der Waals surface area contributed by atoms with Crippen molar-refractivity contribution >= 4 is 21.8 Å². The molecule has 3 N–H and O–H groups in total. The van der Waals surface area contributed by atoms with Gasteiger partial charge in [0.15, 0.2) is 5.82 Å². The van der Waals surface area contributed by atoms with E-state index in [0.29, 0.717) is 28.3 Å². The van der Waals surface area contributed by atoms with Crippen molar-refractivity contribution in [3.8, 4) is 11.6 Å². The molecule has 0 spiro atoms. The Balaban J connectivity index is 1.48. The summed E-state index contributed by atoms with van der Waals surface area (Å²) in [6.07, 6.45) is 1.57. The van der Waals surface area contributed by atoms with Crippen LogP contribution in [-0.4, -0.2) is 47.1 Å². The van der Waals surface area contributed by atoms with Gasteiger partial charge in [-0.25, -0.2) is 18.1 Å². The number of aryl methyl sites for hydroxylation is 2. The number of rotatable bonds is 6. The number of benzene rings is 1. The van der Waals surface area contributed by atoms with Crippen LogP contribution >= 0.6 is 0 Å². The van der Waals surface area contributed by atoms with Crippen LogP contribution in [0.25, 0.3) is 5.82 Å². The Labute approximate surface area is 197 Å². The van der Waals surface area contributed by atoms with Crippen molar-refractivity contribution in [1.82, 2.24) is 20.1 Å². The second-order valence-electron chi connectivity index (χ2n) is 8.86. The van der Waals surface area contributed by atoms with E-state index in [1.54, 1.807) is 41.2 Å². The van der Waals surface area contributed by atoms with E-state index in [4.69, 9.17) is 10.5 Å². The van der Waals surface area contributed by atoms with Gasteiger partial charge in [0.25, 0.3) is 15.9 Å². The lowest BCUT2D eigenvalue weighted by Crippen LogP contribution is -2.48. The Morgan fingerprint density at radius 1 is 1.24 bits per heavy atom. The molecule has 0 fully saturated rings. The van der Waals surface area contributed by atoms with Crippen molar-refractivity contribution in [2.75, 3.05) is 6.61 Å². The molecule has 0 saturated heterocycles. The summed E-state index contributed by atoms with van der Waals surface area (Å²) in [5.74, 6) is 0.327. The number of nitrogens with two attached hydrogens (primary N) is 1. The molecule has 2 aromatic heterocycles. The smallest absolute Gasteiger partial charge is 0.259 e. The highest BCUT2D eigenvalue weighted by Crippen LogP contribution is 2.28. The van der Waals surface area contributed by atoms with Gasteiger partial charge in [0.2, 0.25) is 0 Å². The third-order valence-electron chi connectivity index (χ3n) is 5.22. The zero-order chi connectivity index (χ0) is 24.7. The molecule has 0 aliphatic carbocycles. The Bertz CT molecular complexity index is 1410. The normalized spacial score (nSPS) is 14.8. The molecular formula is C23H26N6O4S. The number of amidine groups is 1. The number of sulfonamides is 1. The molecule has 0 unspecified atom stereocenters. The Morgan fingerprint density at radius 2 is 2.00 bits per heavy atom. The van der Waals surface area contributed by atoms with E-state index in [9.17, 15) is 13.2 Å². The number of hydrogen-bond acceptors (Lipinski definition) is 7. The van der Waals surface area contributed by atoms with Gasteiger partial charge in [-0.3, -0.25) is 4.79 Å². The van der Waals surface area contributed by atoms with Crippen LogP contribution in [0.1, 0.15) is 46.7 Å². The minimum absolute atomic E-state index is 0.104. The van der Waals surface area contributed by atoms with Gasteiger partial charge in [-0.15, -0.1) is 4.40 Å². The number of nitrogens with one attached hydrogen (secondary N) is 1. The van der Waals surface area contributed by atoms with Crippen LogP contribution < -0.4 is 15.8 Å². The average molecular weight is 483 g/mol. The molecule has 178 valence electrons. The van der Waals surface area contributed by atoms with Crippen molar-refractivity contribution in [2.45, 2.75) is 39.0 Å². The summed E-state index contributed by atoms with van der Waals surface area (Å²) in [4.78, 5) is 17.3. The number of carbonyl (C=O) groups excluding carboxylic acids is 1. The van der Waals surface area contributed by atoms with Crippen molar-refractivity contribution in [3.63, 3.8) is 0 Å². The molecule has 1 aromatic carbocycles. The van der Waals surface area contributed by atoms with Crippen LogP contribution in [0, 0.1) is 13.8 Å². The van der Waals surface area contributed by atoms with E-state index in [1.165, 1.54) is 0 Å². The van der Waals surface area contributed by atoms with Crippen LogP contribution in [0.3, 0.4) is 0 Å². The fraction of sp³-hybridized carbons (Fsp3) is 0.304. The number of fused-ring (bicyclic) bond motifs is 1. The first-order valence-electron chi connectivity index (χ1n) is 10.6. The number of amides is 1. The maximum Gasteiger partial charge on any atom is 0.259 e. The van der Waals surface area contributed by atoms with E-state index < -0.39 is 15.6 Å². The number of ether oxygens (including phenoxy) is 1. The lowest BCUT2D eigenvalue weighted by Gasteiger charge is -2.27. The number of aromatic nitrogens is 3. The zero-order valence-corrected chi connectivity index (χ0v) is 20.2. The van der Waals surface area contributed by atoms with Gasteiger partial charge in [0, 0.05) is 17.5 Å². The molecule has 1 aliphatic rings. The van der Waals surface area contributed by atoms with Gasteiger partial charge in [0.05, 0.1) is 22.5 Å². The number of hydrogen-bond donors (Lipinski definition) is 2. The number of pyridine rings is 1. The zero-order valence-electron chi connectivity index (χ0n) is 19.4. The van der Waals surface area contributed by atoms with E-state index in [-0.39, 0.29) is 24.1 Å². The topological polar surface area (TPSA) is 142 Å². The summed E-state index contributed by atoms with van der Waals surface area (Å²) >= 11 is 0. The highest BCUT2D eigenvalue weighted by molar-refractivity contribution is 7.89.